The van der Waals surface area contributed by atoms with Gasteiger partial charge in [0.1, 0.15) is 5.82 Å². The highest BCUT2D eigenvalue weighted by molar-refractivity contribution is 6.30. The fraction of sp³-hybridized carbons (Fsp3) is 0.179. The average molecular weight is 472 g/mol. The van der Waals surface area contributed by atoms with Gasteiger partial charge in [0.25, 0.3) is 5.56 Å². The Kier molecular flexibility index (Phi) is 7.24. The highest BCUT2D eigenvalue weighted by Crippen LogP contribution is 2.27. The van der Waals surface area contributed by atoms with E-state index in [2.05, 4.69) is 0 Å². The summed E-state index contributed by atoms with van der Waals surface area (Å²) in [7, 11) is 0. The summed E-state index contributed by atoms with van der Waals surface area (Å²) in [6.45, 7) is 4.39. The Bertz CT molecular complexity index is 1400. The minimum absolute atomic E-state index is 0.141. The van der Waals surface area contributed by atoms with E-state index in [-0.39, 0.29) is 11.5 Å². The zero-order valence-corrected chi connectivity index (χ0v) is 19.9. The van der Waals surface area contributed by atoms with Gasteiger partial charge in [0, 0.05) is 17.6 Å². The van der Waals surface area contributed by atoms with Crippen LogP contribution in [0.25, 0.3) is 22.7 Å². The normalized spacial score (nSPS) is 12.2. The molecule has 172 valence electrons. The minimum Gasteiger partial charge on any atom is -0.329 e. The predicted octanol–water partition coefficient (Wildman–Crippen LogP) is 6.05. The third-order valence-electron chi connectivity index (χ3n) is 5.77. The van der Waals surface area contributed by atoms with Gasteiger partial charge in [-0.25, -0.2) is 4.98 Å². The molecule has 6 heteroatoms. The monoisotopic (exact) mass is 471 g/mol. The van der Waals surface area contributed by atoms with E-state index < -0.39 is 6.04 Å². The maximum Gasteiger partial charge on any atom is 0.266 e. The smallest absolute Gasteiger partial charge is 0.266 e. The second-order valence-electron chi connectivity index (χ2n) is 7.90. The first-order valence-corrected chi connectivity index (χ1v) is 11.7. The van der Waals surface area contributed by atoms with Crippen LogP contribution in [0.15, 0.2) is 89.7 Å². The maximum absolute atomic E-state index is 13.6. The van der Waals surface area contributed by atoms with Crippen molar-refractivity contribution in [1.29, 1.82) is 0 Å². The van der Waals surface area contributed by atoms with Gasteiger partial charge in [-0.2, -0.15) is 0 Å². The lowest BCUT2D eigenvalue weighted by Gasteiger charge is -2.30. The molecule has 0 N–H and O–H groups in total. The number of nitrogens with zero attached hydrogens (tertiary/aromatic N) is 3. The van der Waals surface area contributed by atoms with E-state index >= 15 is 0 Å². The van der Waals surface area contributed by atoms with E-state index in [1.165, 1.54) is 0 Å². The highest BCUT2D eigenvalue weighted by atomic mass is 35.5. The lowest BCUT2D eigenvalue weighted by Crippen LogP contribution is -2.37. The van der Waals surface area contributed by atoms with Crippen molar-refractivity contribution in [3.05, 3.63) is 112 Å². The first-order valence-electron chi connectivity index (χ1n) is 11.3. The largest absolute Gasteiger partial charge is 0.329 e. The molecular weight excluding hydrogens is 446 g/mol. The Morgan fingerprint density at radius 1 is 1.03 bits per heavy atom. The van der Waals surface area contributed by atoms with Crippen molar-refractivity contribution < 1.29 is 4.79 Å². The molecule has 0 bridgehead atoms. The Morgan fingerprint density at radius 3 is 2.47 bits per heavy atom. The van der Waals surface area contributed by atoms with E-state index in [1.54, 1.807) is 45.9 Å². The molecule has 4 rings (SSSR count). The number of rotatable bonds is 7. The number of benzene rings is 3. The van der Waals surface area contributed by atoms with E-state index in [9.17, 15) is 9.59 Å². The number of amides is 1. The number of halogens is 1. The standard InChI is InChI=1S/C28H26ClN3O2/c1-3-25(31(4-2)26(33)18-17-20-11-6-5-7-12-20)27-30-24-16-9-8-15-23(24)28(34)32(27)22-14-10-13-21(29)19-22/h5-19,25H,3-4H2,1-2H3/b18-17+/t25-/m1/s1. The molecule has 0 fully saturated rings. The van der Waals surface area contributed by atoms with Crippen molar-refractivity contribution in [2.75, 3.05) is 6.54 Å². The quantitative estimate of drug-likeness (QED) is 0.308. The van der Waals surface area contributed by atoms with E-state index in [0.717, 1.165) is 5.56 Å². The third kappa shape index (κ3) is 4.80. The molecule has 3 aromatic carbocycles. The van der Waals surface area contributed by atoms with Crippen LogP contribution >= 0.6 is 11.6 Å². The topological polar surface area (TPSA) is 55.2 Å². The molecule has 0 unspecified atom stereocenters. The fourth-order valence-corrected chi connectivity index (χ4v) is 4.32. The fourth-order valence-electron chi connectivity index (χ4n) is 4.14. The van der Waals surface area contributed by atoms with Crippen LogP contribution in [-0.4, -0.2) is 26.9 Å². The van der Waals surface area contributed by atoms with Crippen molar-refractivity contribution in [2.45, 2.75) is 26.3 Å². The van der Waals surface area contributed by atoms with Crippen molar-refractivity contribution in [2.24, 2.45) is 0 Å². The number of likely N-dealkylation sites (N-methyl/N-ethyl adjacent to an activating group) is 1. The lowest BCUT2D eigenvalue weighted by molar-refractivity contribution is -0.128. The average Bonchev–Trinajstić information content (AvgIpc) is 2.86. The molecule has 0 aliphatic rings. The first kappa shape index (κ1) is 23.5. The summed E-state index contributed by atoms with van der Waals surface area (Å²) in [5.41, 5.74) is 1.97. The summed E-state index contributed by atoms with van der Waals surface area (Å²) in [5, 5.41) is 1.03. The molecule has 1 heterocycles. The zero-order valence-electron chi connectivity index (χ0n) is 19.2. The molecule has 0 saturated heterocycles. The Balaban J connectivity index is 1.85. The first-order chi connectivity index (χ1) is 16.5. The van der Waals surface area contributed by atoms with Gasteiger partial charge >= 0.3 is 0 Å². The molecule has 0 aliphatic heterocycles. The van der Waals surface area contributed by atoms with Crippen molar-refractivity contribution in [3.8, 4) is 5.69 Å². The molecule has 5 nitrogen and oxygen atoms in total. The molecule has 34 heavy (non-hydrogen) atoms. The van der Waals surface area contributed by atoms with Crippen LogP contribution in [0.1, 0.15) is 37.7 Å². The molecule has 0 saturated carbocycles. The van der Waals surface area contributed by atoms with Gasteiger partial charge < -0.3 is 4.90 Å². The van der Waals surface area contributed by atoms with Gasteiger partial charge in [-0.1, -0.05) is 67.1 Å². The van der Waals surface area contributed by atoms with Crippen LogP contribution in [0.2, 0.25) is 5.02 Å². The predicted molar refractivity (Wildman–Crippen MR) is 138 cm³/mol. The SMILES string of the molecule is CC[C@H](c1nc2ccccc2c(=O)n1-c1cccc(Cl)c1)N(CC)C(=O)/C=C/c1ccccc1. The van der Waals surface area contributed by atoms with Crippen LogP contribution in [0.5, 0.6) is 0 Å². The summed E-state index contributed by atoms with van der Waals surface area (Å²) >= 11 is 6.26. The Morgan fingerprint density at radius 2 is 1.76 bits per heavy atom. The van der Waals surface area contributed by atoms with E-state index in [4.69, 9.17) is 16.6 Å². The van der Waals surface area contributed by atoms with Crippen molar-refractivity contribution in [3.63, 3.8) is 0 Å². The van der Waals surface area contributed by atoms with Gasteiger partial charge in [0.2, 0.25) is 5.91 Å². The number of hydrogen-bond acceptors (Lipinski definition) is 3. The lowest BCUT2D eigenvalue weighted by atomic mass is 10.1. The summed E-state index contributed by atoms with van der Waals surface area (Å²) in [5.74, 6) is 0.370. The Hall–Kier alpha value is -3.70. The molecule has 0 radical (unpaired) electrons. The van der Waals surface area contributed by atoms with Gasteiger partial charge in [-0.05, 0) is 55.3 Å². The van der Waals surface area contributed by atoms with Gasteiger partial charge in [-0.3, -0.25) is 14.2 Å². The molecule has 1 atom stereocenters. The molecule has 1 aromatic heterocycles. The van der Waals surface area contributed by atoms with Crippen LogP contribution < -0.4 is 5.56 Å². The summed E-state index contributed by atoms with van der Waals surface area (Å²) in [4.78, 5) is 33.5. The minimum atomic E-state index is -0.408. The van der Waals surface area contributed by atoms with E-state index in [1.807, 2.05) is 68.4 Å². The third-order valence-corrected chi connectivity index (χ3v) is 6.01. The molecular formula is C28H26ClN3O2. The van der Waals surface area contributed by atoms with Gasteiger partial charge in [-0.15, -0.1) is 0 Å². The number of aromatic nitrogens is 2. The molecule has 4 aromatic rings. The van der Waals surface area contributed by atoms with Crippen LogP contribution in [0.4, 0.5) is 0 Å². The molecule has 0 spiro atoms. The van der Waals surface area contributed by atoms with E-state index in [0.29, 0.717) is 40.4 Å². The second-order valence-corrected chi connectivity index (χ2v) is 8.34. The van der Waals surface area contributed by atoms with Crippen molar-refractivity contribution >= 4 is 34.5 Å². The number of carbonyl (C=O) groups is 1. The number of carbonyl (C=O) groups excluding carboxylic acids is 1. The van der Waals surface area contributed by atoms with Gasteiger partial charge in [0.05, 0.1) is 22.6 Å². The number of fused-ring (bicyclic) bond motifs is 1. The van der Waals surface area contributed by atoms with Crippen LogP contribution in [0, 0.1) is 0 Å². The molecule has 1 amide bonds. The molecule has 0 aliphatic carbocycles. The summed E-state index contributed by atoms with van der Waals surface area (Å²) < 4.78 is 1.58. The van der Waals surface area contributed by atoms with Crippen LogP contribution in [-0.2, 0) is 4.79 Å². The highest BCUT2D eigenvalue weighted by Gasteiger charge is 2.27. The second kappa shape index (κ2) is 10.5. The van der Waals surface area contributed by atoms with Crippen molar-refractivity contribution in [1.82, 2.24) is 14.5 Å². The number of hydrogen-bond donors (Lipinski definition) is 0. The Labute approximate surface area is 203 Å². The van der Waals surface area contributed by atoms with Crippen LogP contribution in [0.3, 0.4) is 0 Å². The number of para-hydroxylation sites is 1. The van der Waals surface area contributed by atoms with Gasteiger partial charge in [0.15, 0.2) is 0 Å². The summed E-state index contributed by atoms with van der Waals surface area (Å²) in [6, 6.07) is 23.7. The summed E-state index contributed by atoms with van der Waals surface area (Å²) in [6.07, 6.45) is 3.96. The maximum atomic E-state index is 13.6. The zero-order chi connectivity index (χ0) is 24.1.